The number of rotatable bonds is 3. The van der Waals surface area contributed by atoms with Crippen molar-refractivity contribution in [3.63, 3.8) is 0 Å². The average molecular weight is 200 g/mol. The number of hydrogen-bond donors (Lipinski definition) is 0. The highest BCUT2D eigenvalue weighted by atomic mass is 35.5. The summed E-state index contributed by atoms with van der Waals surface area (Å²) in [4.78, 5) is 21.0. The Morgan fingerprint density at radius 2 is 2.23 bits per heavy atom. The zero-order valence-corrected chi connectivity index (χ0v) is 7.54. The lowest BCUT2D eigenvalue weighted by atomic mass is 10.2. The summed E-state index contributed by atoms with van der Waals surface area (Å²) >= 11 is 5.20. The smallest absolute Gasteiger partial charge is 0.252 e. The van der Waals surface area contributed by atoms with E-state index in [4.69, 9.17) is 16.3 Å². The molecule has 4 nitrogen and oxygen atoms in total. The quantitative estimate of drug-likeness (QED) is 0.555. The van der Waals surface area contributed by atoms with Crippen molar-refractivity contribution in [3.05, 3.63) is 28.7 Å². The fourth-order valence-corrected chi connectivity index (χ4v) is 1.00. The Balaban J connectivity index is 3.20. The first-order valence-electron chi connectivity index (χ1n) is 3.40. The number of carbonyl (C=O) groups excluding carboxylic acids is 1. The van der Waals surface area contributed by atoms with Gasteiger partial charge in [-0.15, -0.1) is 4.91 Å². The lowest BCUT2D eigenvalue weighted by Gasteiger charge is -2.01. The van der Waals surface area contributed by atoms with E-state index >= 15 is 0 Å². The first-order chi connectivity index (χ1) is 6.19. The van der Waals surface area contributed by atoms with E-state index in [1.165, 1.54) is 25.3 Å². The van der Waals surface area contributed by atoms with Gasteiger partial charge in [0.1, 0.15) is 5.75 Å². The molecule has 68 valence electrons. The van der Waals surface area contributed by atoms with E-state index in [0.29, 0.717) is 5.75 Å². The van der Waals surface area contributed by atoms with Crippen molar-refractivity contribution in [2.45, 2.75) is 0 Å². The van der Waals surface area contributed by atoms with E-state index in [-0.39, 0.29) is 11.3 Å². The third-order valence-corrected chi connectivity index (χ3v) is 1.72. The van der Waals surface area contributed by atoms with Crippen LogP contribution in [0, 0.1) is 4.91 Å². The Labute approximate surface area is 79.4 Å². The second-order valence-corrected chi connectivity index (χ2v) is 2.59. The molecule has 0 heterocycles. The van der Waals surface area contributed by atoms with E-state index in [1.807, 2.05) is 0 Å². The van der Waals surface area contributed by atoms with Gasteiger partial charge in [0.05, 0.1) is 7.11 Å². The molecular formula is C8H6ClNO3. The van der Waals surface area contributed by atoms with Gasteiger partial charge >= 0.3 is 0 Å². The monoisotopic (exact) mass is 199 g/mol. The molecule has 1 rings (SSSR count). The van der Waals surface area contributed by atoms with Crippen LogP contribution in [-0.2, 0) is 0 Å². The van der Waals surface area contributed by atoms with Crippen LogP contribution in [0.2, 0.25) is 0 Å². The van der Waals surface area contributed by atoms with Crippen molar-refractivity contribution in [3.8, 4) is 5.75 Å². The predicted molar refractivity (Wildman–Crippen MR) is 48.6 cm³/mol. The van der Waals surface area contributed by atoms with E-state index < -0.39 is 5.24 Å². The van der Waals surface area contributed by atoms with Gasteiger partial charge in [-0.25, -0.2) is 0 Å². The highest BCUT2D eigenvalue weighted by Gasteiger charge is 2.07. The highest BCUT2D eigenvalue weighted by Crippen LogP contribution is 2.28. The molecule has 0 saturated carbocycles. The minimum absolute atomic E-state index is 0.0639. The number of nitroso groups, excluding NO2 is 1. The molecule has 0 N–H and O–H groups in total. The summed E-state index contributed by atoms with van der Waals surface area (Å²) in [6.45, 7) is 0. The van der Waals surface area contributed by atoms with E-state index in [9.17, 15) is 9.70 Å². The second-order valence-electron chi connectivity index (χ2n) is 2.25. The van der Waals surface area contributed by atoms with Crippen LogP contribution in [0.3, 0.4) is 0 Å². The fraction of sp³-hybridized carbons (Fsp3) is 0.125. The van der Waals surface area contributed by atoms with Crippen molar-refractivity contribution in [1.82, 2.24) is 0 Å². The Morgan fingerprint density at radius 3 is 2.69 bits per heavy atom. The van der Waals surface area contributed by atoms with Gasteiger partial charge in [0.25, 0.3) is 5.24 Å². The maximum absolute atomic E-state index is 10.7. The number of carbonyl (C=O) groups is 1. The largest absolute Gasteiger partial charge is 0.494 e. The summed E-state index contributed by atoms with van der Waals surface area (Å²) in [5.74, 6) is 0.316. The van der Waals surface area contributed by atoms with E-state index in [1.54, 1.807) is 0 Å². The number of nitrogens with zero attached hydrogens (tertiary/aromatic N) is 1. The third kappa shape index (κ3) is 2.03. The first-order valence-corrected chi connectivity index (χ1v) is 3.78. The van der Waals surface area contributed by atoms with E-state index in [0.717, 1.165) is 0 Å². The van der Waals surface area contributed by atoms with Crippen LogP contribution >= 0.6 is 11.6 Å². The van der Waals surface area contributed by atoms with Gasteiger partial charge in [-0.3, -0.25) is 4.79 Å². The first kappa shape index (κ1) is 9.67. The van der Waals surface area contributed by atoms with Crippen LogP contribution in [0.1, 0.15) is 10.4 Å². The molecule has 0 aliphatic rings. The van der Waals surface area contributed by atoms with Gasteiger partial charge in [0, 0.05) is 5.56 Å². The van der Waals surface area contributed by atoms with E-state index in [2.05, 4.69) is 5.18 Å². The van der Waals surface area contributed by atoms with Crippen LogP contribution in [0.15, 0.2) is 23.4 Å². The van der Waals surface area contributed by atoms with Gasteiger partial charge in [-0.1, -0.05) is 0 Å². The van der Waals surface area contributed by atoms with Gasteiger partial charge < -0.3 is 4.74 Å². The van der Waals surface area contributed by atoms with Gasteiger partial charge in [0.2, 0.25) is 0 Å². The predicted octanol–water partition coefficient (Wildman–Crippen LogP) is 2.47. The van der Waals surface area contributed by atoms with Crippen molar-refractivity contribution < 1.29 is 9.53 Å². The molecule has 0 aromatic heterocycles. The topological polar surface area (TPSA) is 55.7 Å². The number of methoxy groups -OCH3 is 1. The van der Waals surface area contributed by atoms with Crippen molar-refractivity contribution in [2.24, 2.45) is 5.18 Å². The lowest BCUT2D eigenvalue weighted by Crippen LogP contribution is -1.89. The molecule has 5 heteroatoms. The molecule has 0 unspecified atom stereocenters. The van der Waals surface area contributed by atoms with Crippen LogP contribution in [0.5, 0.6) is 5.75 Å². The third-order valence-electron chi connectivity index (χ3n) is 1.50. The molecule has 0 aliphatic carbocycles. The second kappa shape index (κ2) is 4.00. The van der Waals surface area contributed by atoms with Crippen molar-refractivity contribution in [2.75, 3.05) is 7.11 Å². The molecule has 0 radical (unpaired) electrons. The molecule has 0 amide bonds. The number of ether oxygens (including phenoxy) is 1. The molecule has 1 aromatic carbocycles. The molecule has 0 fully saturated rings. The summed E-state index contributed by atoms with van der Waals surface area (Å²) in [5, 5.41) is 2.07. The Morgan fingerprint density at radius 1 is 1.54 bits per heavy atom. The van der Waals surface area contributed by atoms with Gasteiger partial charge in [0.15, 0.2) is 5.69 Å². The minimum Gasteiger partial charge on any atom is -0.494 e. The average Bonchev–Trinajstić information content (AvgIpc) is 2.16. The maximum Gasteiger partial charge on any atom is 0.252 e. The van der Waals surface area contributed by atoms with Crippen LogP contribution in [0.25, 0.3) is 0 Å². The molecule has 13 heavy (non-hydrogen) atoms. The molecule has 0 bridgehead atoms. The SMILES string of the molecule is COc1ccc(C(=O)Cl)cc1N=O. The number of benzene rings is 1. The van der Waals surface area contributed by atoms with Gasteiger partial charge in [-0.2, -0.15) is 0 Å². The van der Waals surface area contributed by atoms with Crippen molar-refractivity contribution >= 4 is 22.5 Å². The standard InChI is InChI=1S/C8H6ClNO3/c1-13-7-3-2-5(8(9)11)4-6(7)10-12/h2-4H,1H3. The van der Waals surface area contributed by atoms with Crippen LogP contribution < -0.4 is 4.74 Å². The molecular weight excluding hydrogens is 194 g/mol. The Hall–Kier alpha value is -1.42. The summed E-state index contributed by atoms with van der Waals surface area (Å²) in [7, 11) is 1.41. The summed E-state index contributed by atoms with van der Waals surface area (Å²) in [6.07, 6.45) is 0. The number of halogens is 1. The molecule has 0 saturated heterocycles. The van der Waals surface area contributed by atoms with Crippen molar-refractivity contribution in [1.29, 1.82) is 0 Å². The molecule has 0 spiro atoms. The molecule has 0 aliphatic heterocycles. The lowest BCUT2D eigenvalue weighted by molar-refractivity contribution is 0.108. The molecule has 0 atom stereocenters. The zero-order chi connectivity index (χ0) is 9.84. The van der Waals surface area contributed by atoms with Crippen LogP contribution in [0.4, 0.5) is 5.69 Å². The fourth-order valence-electron chi connectivity index (χ4n) is 0.884. The normalized spacial score (nSPS) is 9.38. The summed E-state index contributed by atoms with van der Waals surface area (Å²) in [6, 6.07) is 4.20. The summed E-state index contributed by atoms with van der Waals surface area (Å²) < 4.78 is 4.82. The molecule has 1 aromatic rings. The highest BCUT2D eigenvalue weighted by molar-refractivity contribution is 6.67. The maximum atomic E-state index is 10.7. The summed E-state index contributed by atoms with van der Waals surface area (Å²) in [5.41, 5.74) is 0.283. The Kier molecular flexibility index (Phi) is 2.97. The Bertz CT molecular complexity index is 351. The zero-order valence-electron chi connectivity index (χ0n) is 6.78. The number of hydrogen-bond acceptors (Lipinski definition) is 4. The van der Waals surface area contributed by atoms with Crippen LogP contribution in [-0.4, -0.2) is 12.4 Å². The minimum atomic E-state index is -0.632. The van der Waals surface area contributed by atoms with Gasteiger partial charge in [-0.05, 0) is 35.0 Å².